The summed E-state index contributed by atoms with van der Waals surface area (Å²) in [6.45, 7) is -0.325. The largest absolute Gasteiger partial charge is 0.493 e. The summed E-state index contributed by atoms with van der Waals surface area (Å²) < 4.78 is 10.3. The van der Waals surface area contributed by atoms with Crippen LogP contribution in [0, 0.1) is 0 Å². The third kappa shape index (κ3) is 4.29. The Morgan fingerprint density at radius 3 is 2.57 bits per heavy atom. The van der Waals surface area contributed by atoms with Gasteiger partial charge in [0.1, 0.15) is 5.70 Å². The molecule has 2 aromatic carbocycles. The predicted octanol–water partition coefficient (Wildman–Crippen LogP) is 2.25. The van der Waals surface area contributed by atoms with Crippen molar-refractivity contribution in [1.29, 1.82) is 0 Å². The monoisotopic (exact) mass is 382 g/mol. The van der Waals surface area contributed by atoms with E-state index in [1.165, 1.54) is 19.3 Å². The molecule has 1 saturated heterocycles. The van der Waals surface area contributed by atoms with Gasteiger partial charge in [-0.15, -0.1) is 0 Å². The van der Waals surface area contributed by atoms with E-state index in [0.717, 1.165) is 10.5 Å². The lowest BCUT2D eigenvalue weighted by atomic mass is 10.1. The van der Waals surface area contributed by atoms with Crippen LogP contribution in [-0.4, -0.2) is 41.6 Å². The van der Waals surface area contributed by atoms with Crippen molar-refractivity contribution >= 4 is 24.0 Å². The number of hydrogen-bond donors (Lipinski definition) is 2. The van der Waals surface area contributed by atoms with Crippen molar-refractivity contribution in [3.63, 3.8) is 0 Å². The summed E-state index contributed by atoms with van der Waals surface area (Å²) >= 11 is 0. The number of methoxy groups -OCH3 is 1. The van der Waals surface area contributed by atoms with Crippen molar-refractivity contribution in [2.24, 2.45) is 0 Å². The maximum Gasteiger partial charge on any atom is 0.341 e. The molecule has 0 aromatic heterocycles. The zero-order valence-electron chi connectivity index (χ0n) is 15.0. The van der Waals surface area contributed by atoms with Crippen LogP contribution in [0.25, 0.3) is 6.08 Å². The molecule has 2 N–H and O–H groups in total. The van der Waals surface area contributed by atoms with Crippen LogP contribution in [0.2, 0.25) is 0 Å². The van der Waals surface area contributed by atoms with E-state index in [9.17, 15) is 14.4 Å². The average molecular weight is 382 g/mol. The molecule has 2 aromatic rings. The third-order valence-corrected chi connectivity index (χ3v) is 4.00. The first-order valence-corrected chi connectivity index (χ1v) is 8.39. The van der Waals surface area contributed by atoms with Gasteiger partial charge in [0.2, 0.25) is 0 Å². The van der Waals surface area contributed by atoms with E-state index < -0.39 is 24.5 Å². The van der Waals surface area contributed by atoms with Crippen LogP contribution in [0.5, 0.6) is 11.5 Å². The number of rotatable bonds is 7. The molecule has 1 aliphatic rings. The summed E-state index contributed by atoms with van der Waals surface area (Å²) in [6.07, 6.45) is 1.52. The lowest BCUT2D eigenvalue weighted by Crippen LogP contribution is -2.30. The van der Waals surface area contributed by atoms with Gasteiger partial charge < -0.3 is 19.9 Å². The summed E-state index contributed by atoms with van der Waals surface area (Å²) in [4.78, 5) is 36.5. The Hall–Kier alpha value is -3.81. The van der Waals surface area contributed by atoms with Crippen LogP contribution in [-0.2, 0) is 16.1 Å². The van der Waals surface area contributed by atoms with Gasteiger partial charge in [0.05, 0.1) is 13.7 Å². The van der Waals surface area contributed by atoms with Crippen molar-refractivity contribution in [3.05, 3.63) is 65.4 Å². The molecule has 0 radical (unpaired) electrons. The first-order valence-electron chi connectivity index (χ1n) is 8.39. The molecule has 8 nitrogen and oxygen atoms in total. The second kappa shape index (κ2) is 8.26. The molecule has 0 unspecified atom stereocenters. The van der Waals surface area contributed by atoms with Crippen LogP contribution in [0.4, 0.5) is 4.79 Å². The molecule has 1 fully saturated rings. The first kappa shape index (κ1) is 19.0. The van der Waals surface area contributed by atoms with Gasteiger partial charge in [0.15, 0.2) is 18.1 Å². The molecule has 1 aliphatic heterocycles. The molecular weight excluding hydrogens is 364 g/mol. The molecule has 28 heavy (non-hydrogen) atoms. The number of hydrogen-bond acceptors (Lipinski definition) is 5. The Morgan fingerprint density at radius 2 is 1.89 bits per heavy atom. The van der Waals surface area contributed by atoms with Gasteiger partial charge in [0, 0.05) is 0 Å². The molecule has 0 bridgehead atoms. The molecule has 0 aliphatic carbocycles. The summed E-state index contributed by atoms with van der Waals surface area (Å²) in [5.74, 6) is -0.960. The van der Waals surface area contributed by atoms with E-state index in [-0.39, 0.29) is 18.0 Å². The highest BCUT2D eigenvalue weighted by atomic mass is 16.5. The van der Waals surface area contributed by atoms with Gasteiger partial charge in [-0.05, 0) is 29.3 Å². The maximum absolute atomic E-state index is 12.6. The smallest absolute Gasteiger partial charge is 0.341 e. The van der Waals surface area contributed by atoms with Crippen molar-refractivity contribution in [2.75, 3.05) is 13.7 Å². The van der Waals surface area contributed by atoms with E-state index in [4.69, 9.17) is 14.6 Å². The fourth-order valence-corrected chi connectivity index (χ4v) is 2.68. The molecule has 0 spiro atoms. The average Bonchev–Trinajstić information content (AvgIpc) is 2.95. The zero-order chi connectivity index (χ0) is 20.1. The minimum absolute atomic E-state index is 0.141. The molecule has 0 atom stereocenters. The number of benzene rings is 2. The summed E-state index contributed by atoms with van der Waals surface area (Å²) in [5.41, 5.74) is 1.57. The highest BCUT2D eigenvalue weighted by Gasteiger charge is 2.33. The fraction of sp³-hybridized carbons (Fsp3) is 0.150. The number of aliphatic carboxylic acids is 1. The molecule has 3 amide bonds. The normalized spacial score (nSPS) is 14.9. The van der Waals surface area contributed by atoms with E-state index in [0.29, 0.717) is 11.3 Å². The number of carboxylic acid groups (broad SMARTS) is 1. The van der Waals surface area contributed by atoms with Crippen LogP contribution in [0.1, 0.15) is 11.1 Å². The van der Waals surface area contributed by atoms with Gasteiger partial charge in [-0.25, -0.2) is 9.59 Å². The highest BCUT2D eigenvalue weighted by Crippen LogP contribution is 2.29. The second-order valence-electron chi connectivity index (χ2n) is 5.96. The number of imide groups is 1. The number of urea groups is 1. The minimum Gasteiger partial charge on any atom is -0.493 e. The first-order chi connectivity index (χ1) is 13.5. The van der Waals surface area contributed by atoms with Gasteiger partial charge in [-0.2, -0.15) is 0 Å². The Morgan fingerprint density at radius 1 is 1.14 bits per heavy atom. The van der Waals surface area contributed by atoms with Crippen LogP contribution < -0.4 is 14.8 Å². The molecule has 144 valence electrons. The molecular formula is C20H18N2O6. The minimum atomic E-state index is -1.11. The highest BCUT2D eigenvalue weighted by molar-refractivity contribution is 6.13. The summed E-state index contributed by atoms with van der Waals surface area (Å²) in [5, 5.41) is 11.3. The van der Waals surface area contributed by atoms with Crippen LogP contribution >= 0.6 is 0 Å². The van der Waals surface area contributed by atoms with Gasteiger partial charge >= 0.3 is 12.0 Å². The number of ether oxygens (including phenoxy) is 2. The second-order valence-corrected chi connectivity index (χ2v) is 5.96. The maximum atomic E-state index is 12.6. The van der Waals surface area contributed by atoms with E-state index in [2.05, 4.69) is 5.32 Å². The van der Waals surface area contributed by atoms with Crippen LogP contribution in [0.15, 0.2) is 54.2 Å². The van der Waals surface area contributed by atoms with Crippen molar-refractivity contribution in [3.8, 4) is 11.5 Å². The van der Waals surface area contributed by atoms with Crippen molar-refractivity contribution < 1.29 is 29.0 Å². The Balaban J connectivity index is 1.78. The Kier molecular flexibility index (Phi) is 5.59. The van der Waals surface area contributed by atoms with E-state index >= 15 is 0 Å². The number of amides is 3. The Labute approximate surface area is 161 Å². The van der Waals surface area contributed by atoms with Crippen molar-refractivity contribution in [2.45, 2.75) is 6.54 Å². The number of carbonyl (C=O) groups excluding carboxylic acids is 2. The molecule has 0 saturated carbocycles. The number of carbonyl (C=O) groups is 3. The zero-order valence-corrected chi connectivity index (χ0v) is 15.0. The molecule has 1 heterocycles. The number of nitrogens with one attached hydrogen (secondary N) is 1. The summed E-state index contributed by atoms with van der Waals surface area (Å²) in [6, 6.07) is 13.5. The van der Waals surface area contributed by atoms with Gasteiger partial charge in [-0.1, -0.05) is 36.4 Å². The number of carboxylic acids is 1. The number of nitrogens with zero attached hydrogens (tertiary/aromatic N) is 1. The SMILES string of the molecule is COc1cc(/C=C2/NC(=O)N(Cc3ccccc3)C2=O)ccc1OCC(=O)O. The lowest BCUT2D eigenvalue weighted by molar-refractivity contribution is -0.139. The van der Waals surface area contributed by atoms with Crippen LogP contribution in [0.3, 0.4) is 0 Å². The van der Waals surface area contributed by atoms with Gasteiger partial charge in [-0.3, -0.25) is 9.69 Å². The third-order valence-electron chi connectivity index (χ3n) is 4.00. The quantitative estimate of drug-likeness (QED) is 0.562. The standard InChI is InChI=1S/C20H18N2O6/c1-27-17-10-14(7-8-16(17)28-12-18(23)24)9-15-19(25)22(20(26)21-15)11-13-5-3-2-4-6-13/h2-10H,11-12H2,1H3,(H,21,26)(H,23,24)/b15-9+. The molecule has 3 rings (SSSR count). The topological polar surface area (TPSA) is 105 Å². The molecule has 8 heteroatoms. The van der Waals surface area contributed by atoms with E-state index in [1.54, 1.807) is 12.1 Å². The summed E-state index contributed by atoms with van der Waals surface area (Å²) in [7, 11) is 1.42. The fourth-order valence-electron chi connectivity index (χ4n) is 2.68. The van der Waals surface area contributed by atoms with Gasteiger partial charge in [0.25, 0.3) is 5.91 Å². The lowest BCUT2D eigenvalue weighted by Gasteiger charge is -2.11. The van der Waals surface area contributed by atoms with Crippen molar-refractivity contribution in [1.82, 2.24) is 10.2 Å². The predicted molar refractivity (Wildman–Crippen MR) is 99.6 cm³/mol. The van der Waals surface area contributed by atoms with E-state index in [1.807, 2.05) is 30.3 Å². The Bertz CT molecular complexity index is 939.